The van der Waals surface area contributed by atoms with Gasteiger partial charge in [0.1, 0.15) is 17.2 Å². The molecule has 7 nitrogen and oxygen atoms in total. The first kappa shape index (κ1) is 14.1. The molecule has 23 heavy (non-hydrogen) atoms. The summed E-state index contributed by atoms with van der Waals surface area (Å²) in [6.07, 6.45) is 5.98. The Morgan fingerprint density at radius 2 is 2.00 bits per heavy atom. The van der Waals surface area contributed by atoms with E-state index in [1.807, 2.05) is 10.6 Å². The van der Waals surface area contributed by atoms with Crippen LogP contribution in [0.1, 0.15) is 12.6 Å². The Morgan fingerprint density at radius 1 is 1.13 bits per heavy atom. The van der Waals surface area contributed by atoms with E-state index in [0.717, 1.165) is 61.1 Å². The fourth-order valence-electron chi connectivity index (χ4n) is 2.87. The van der Waals surface area contributed by atoms with E-state index in [9.17, 15) is 0 Å². The van der Waals surface area contributed by atoms with E-state index in [1.54, 1.807) is 18.6 Å². The molecule has 4 heterocycles. The summed E-state index contributed by atoms with van der Waals surface area (Å²) in [5.74, 6) is 1.10. The molecule has 0 amide bonds. The number of hydrogen-bond donors (Lipinski definition) is 1. The number of fused-ring (bicyclic) bond motifs is 1. The monoisotopic (exact) mass is 309 g/mol. The van der Waals surface area contributed by atoms with Gasteiger partial charge in [0.25, 0.3) is 0 Å². The Hall–Kier alpha value is -2.54. The van der Waals surface area contributed by atoms with Gasteiger partial charge in [0.2, 0.25) is 0 Å². The molecule has 0 unspecified atom stereocenters. The third kappa shape index (κ3) is 2.63. The fourth-order valence-corrected chi connectivity index (χ4v) is 2.87. The van der Waals surface area contributed by atoms with Crippen LogP contribution in [0.3, 0.4) is 0 Å². The summed E-state index contributed by atoms with van der Waals surface area (Å²) in [6.45, 7) is 6.05. The van der Waals surface area contributed by atoms with Crippen LogP contribution in [0.25, 0.3) is 17.0 Å². The zero-order valence-corrected chi connectivity index (χ0v) is 13.1. The van der Waals surface area contributed by atoms with Gasteiger partial charge in [-0.05, 0) is 6.42 Å². The van der Waals surface area contributed by atoms with Gasteiger partial charge in [0, 0.05) is 56.4 Å². The molecule has 118 valence electrons. The molecule has 1 fully saturated rings. The molecule has 1 saturated heterocycles. The van der Waals surface area contributed by atoms with Gasteiger partial charge in [-0.1, -0.05) is 6.92 Å². The maximum atomic E-state index is 4.72. The Morgan fingerprint density at radius 3 is 2.74 bits per heavy atom. The lowest BCUT2D eigenvalue weighted by atomic mass is 10.3. The zero-order chi connectivity index (χ0) is 15.6. The molecule has 0 radical (unpaired) electrons. The van der Waals surface area contributed by atoms with Crippen molar-refractivity contribution in [2.24, 2.45) is 0 Å². The number of rotatable bonds is 3. The lowest BCUT2D eigenvalue weighted by molar-refractivity contribution is 0.579. The van der Waals surface area contributed by atoms with E-state index in [0.29, 0.717) is 0 Å². The second kappa shape index (κ2) is 5.92. The summed E-state index contributed by atoms with van der Waals surface area (Å²) in [4.78, 5) is 15.5. The molecule has 3 aromatic rings. The summed E-state index contributed by atoms with van der Waals surface area (Å²) in [7, 11) is 0. The number of nitrogens with zero attached hydrogens (tertiary/aromatic N) is 6. The van der Waals surface area contributed by atoms with Crippen LogP contribution in [0.2, 0.25) is 0 Å². The molecule has 0 aliphatic carbocycles. The number of aromatic nitrogens is 5. The number of nitrogens with one attached hydrogen (secondary N) is 1. The Labute approximate surface area is 134 Å². The van der Waals surface area contributed by atoms with Crippen molar-refractivity contribution in [3.8, 4) is 11.4 Å². The smallest absolute Gasteiger partial charge is 0.158 e. The van der Waals surface area contributed by atoms with Crippen LogP contribution in [-0.2, 0) is 6.42 Å². The first-order valence-corrected chi connectivity index (χ1v) is 7.97. The number of hydrogen-bond acceptors (Lipinski definition) is 6. The van der Waals surface area contributed by atoms with Crippen molar-refractivity contribution >= 4 is 11.5 Å². The number of aryl methyl sites for hydroxylation is 1. The lowest BCUT2D eigenvalue weighted by Crippen LogP contribution is -2.44. The second-order valence-electron chi connectivity index (χ2n) is 5.59. The van der Waals surface area contributed by atoms with Crippen molar-refractivity contribution in [1.29, 1.82) is 0 Å². The van der Waals surface area contributed by atoms with Crippen molar-refractivity contribution in [2.75, 3.05) is 31.1 Å². The van der Waals surface area contributed by atoms with Gasteiger partial charge in [-0.3, -0.25) is 9.97 Å². The van der Waals surface area contributed by atoms with Crippen LogP contribution >= 0.6 is 0 Å². The predicted molar refractivity (Wildman–Crippen MR) is 88.5 cm³/mol. The molecule has 0 spiro atoms. The van der Waals surface area contributed by atoms with E-state index < -0.39 is 0 Å². The largest absolute Gasteiger partial charge is 0.354 e. The van der Waals surface area contributed by atoms with Gasteiger partial charge >= 0.3 is 0 Å². The topological polar surface area (TPSA) is 71.2 Å². The van der Waals surface area contributed by atoms with Crippen LogP contribution in [0.15, 0.2) is 30.7 Å². The average Bonchev–Trinajstić information content (AvgIpc) is 3.06. The molecular formula is C16H19N7. The van der Waals surface area contributed by atoms with E-state index in [1.165, 1.54) is 0 Å². The summed E-state index contributed by atoms with van der Waals surface area (Å²) < 4.78 is 1.93. The first-order chi connectivity index (χ1) is 11.3. The third-order valence-electron chi connectivity index (χ3n) is 4.09. The second-order valence-corrected chi connectivity index (χ2v) is 5.59. The highest BCUT2D eigenvalue weighted by Gasteiger charge is 2.17. The van der Waals surface area contributed by atoms with Gasteiger partial charge in [-0.15, -0.1) is 0 Å². The quantitative estimate of drug-likeness (QED) is 0.783. The van der Waals surface area contributed by atoms with Gasteiger partial charge in [-0.25, -0.2) is 4.98 Å². The molecule has 0 bridgehead atoms. The van der Waals surface area contributed by atoms with E-state index in [-0.39, 0.29) is 0 Å². The molecule has 0 atom stereocenters. The summed E-state index contributed by atoms with van der Waals surface area (Å²) >= 11 is 0. The maximum Gasteiger partial charge on any atom is 0.158 e. The predicted octanol–water partition coefficient (Wildman–Crippen LogP) is 1.16. The Kier molecular flexibility index (Phi) is 3.63. The molecule has 3 aromatic heterocycles. The van der Waals surface area contributed by atoms with Crippen molar-refractivity contribution < 1.29 is 0 Å². The SMILES string of the molecule is CCc1cc(N2CCNCC2)n2nc(-c3cnccn3)cc2n1. The van der Waals surface area contributed by atoms with Crippen LogP contribution < -0.4 is 10.2 Å². The van der Waals surface area contributed by atoms with Gasteiger partial charge < -0.3 is 10.2 Å². The molecule has 1 aliphatic heterocycles. The average molecular weight is 309 g/mol. The van der Waals surface area contributed by atoms with E-state index >= 15 is 0 Å². The van der Waals surface area contributed by atoms with Crippen LogP contribution in [0, 0.1) is 0 Å². The maximum absolute atomic E-state index is 4.72. The third-order valence-corrected chi connectivity index (χ3v) is 4.09. The Bertz CT molecular complexity index is 806. The lowest BCUT2D eigenvalue weighted by Gasteiger charge is -2.29. The van der Waals surface area contributed by atoms with Crippen molar-refractivity contribution in [3.05, 3.63) is 36.4 Å². The molecule has 0 aromatic carbocycles. The molecule has 1 N–H and O–H groups in total. The van der Waals surface area contributed by atoms with Crippen LogP contribution in [0.5, 0.6) is 0 Å². The molecular weight excluding hydrogens is 290 g/mol. The summed E-state index contributed by atoms with van der Waals surface area (Å²) in [6, 6.07) is 4.13. The normalized spacial score (nSPS) is 15.3. The molecule has 1 aliphatic rings. The zero-order valence-electron chi connectivity index (χ0n) is 13.1. The van der Waals surface area contributed by atoms with E-state index in [4.69, 9.17) is 10.1 Å². The van der Waals surface area contributed by atoms with Crippen molar-refractivity contribution in [1.82, 2.24) is 29.9 Å². The molecule has 7 heteroatoms. The number of anilines is 1. The minimum Gasteiger partial charge on any atom is -0.354 e. The highest BCUT2D eigenvalue weighted by Crippen LogP contribution is 2.22. The van der Waals surface area contributed by atoms with Crippen molar-refractivity contribution in [3.63, 3.8) is 0 Å². The summed E-state index contributed by atoms with van der Waals surface area (Å²) in [5.41, 5.74) is 3.51. The highest BCUT2D eigenvalue weighted by molar-refractivity contribution is 5.62. The minimum absolute atomic E-state index is 0.766. The molecule has 4 rings (SSSR count). The fraction of sp³-hybridized carbons (Fsp3) is 0.375. The summed E-state index contributed by atoms with van der Waals surface area (Å²) in [5, 5.41) is 8.11. The molecule has 0 saturated carbocycles. The van der Waals surface area contributed by atoms with Crippen molar-refractivity contribution in [2.45, 2.75) is 13.3 Å². The standard InChI is InChI=1S/C16H19N7/c1-2-12-9-16(22-7-5-17-6-8-22)23-15(20-12)10-13(21-23)14-11-18-3-4-19-14/h3-4,9-11,17H,2,5-8H2,1H3. The first-order valence-electron chi connectivity index (χ1n) is 7.97. The van der Waals surface area contributed by atoms with E-state index in [2.05, 4.69) is 33.2 Å². The van der Waals surface area contributed by atoms with Gasteiger partial charge in [0.15, 0.2) is 5.65 Å². The minimum atomic E-state index is 0.766. The van der Waals surface area contributed by atoms with Gasteiger partial charge in [0.05, 0.1) is 6.20 Å². The number of piperazine rings is 1. The Balaban J connectivity index is 1.85. The highest BCUT2D eigenvalue weighted by atomic mass is 15.4. The van der Waals surface area contributed by atoms with Gasteiger partial charge in [-0.2, -0.15) is 9.61 Å². The van der Waals surface area contributed by atoms with Crippen LogP contribution in [-0.4, -0.2) is 50.7 Å². The van der Waals surface area contributed by atoms with Crippen LogP contribution in [0.4, 0.5) is 5.82 Å².